The number of carboxylic acid groups (broad SMARTS) is 1. The molecule has 1 aliphatic heterocycles. The van der Waals surface area contributed by atoms with Crippen molar-refractivity contribution in [2.45, 2.75) is 26.3 Å². The van der Waals surface area contributed by atoms with Gasteiger partial charge in [-0.25, -0.2) is 4.79 Å². The maximum Gasteiger partial charge on any atom is 0.327 e. The highest BCUT2D eigenvalue weighted by molar-refractivity contribution is 6.26. The van der Waals surface area contributed by atoms with Gasteiger partial charge in [0.05, 0.1) is 0 Å². The molecule has 0 bridgehead atoms. The van der Waals surface area contributed by atoms with Gasteiger partial charge in [0.15, 0.2) is 0 Å². The number of carboxylic acids is 1. The average molecular weight is 311 g/mol. The van der Waals surface area contributed by atoms with Crippen molar-refractivity contribution < 1.29 is 19.5 Å². The van der Waals surface area contributed by atoms with Gasteiger partial charge in [0.2, 0.25) is 0 Å². The molecule has 0 unspecified atom stereocenters. The van der Waals surface area contributed by atoms with Crippen LogP contribution in [0.1, 0.15) is 41.0 Å². The second kappa shape index (κ2) is 5.50. The molecule has 0 spiro atoms. The molecule has 3 rings (SSSR count). The minimum Gasteiger partial charge on any atom is -0.480 e. The second-order valence-corrected chi connectivity index (χ2v) is 5.86. The Hall–Kier alpha value is -2.69. The molecule has 0 fully saturated rings. The maximum atomic E-state index is 12.8. The molecule has 23 heavy (non-hydrogen) atoms. The van der Waals surface area contributed by atoms with Crippen LogP contribution in [0.25, 0.3) is 10.8 Å². The van der Waals surface area contributed by atoms with E-state index in [0.717, 1.165) is 10.3 Å². The predicted molar refractivity (Wildman–Crippen MR) is 85.3 cm³/mol. The van der Waals surface area contributed by atoms with Crippen molar-refractivity contribution in [3.05, 3.63) is 47.5 Å². The Balaban J connectivity index is 2.22. The van der Waals surface area contributed by atoms with Gasteiger partial charge in [0.1, 0.15) is 6.04 Å². The van der Waals surface area contributed by atoms with Crippen molar-refractivity contribution in [3.63, 3.8) is 0 Å². The quantitative estimate of drug-likeness (QED) is 0.881. The molecule has 2 amide bonds. The first-order chi connectivity index (χ1) is 11.0. The van der Waals surface area contributed by atoms with E-state index in [9.17, 15) is 19.5 Å². The molecule has 0 saturated heterocycles. The third kappa shape index (κ3) is 2.20. The average Bonchev–Trinajstić information content (AvgIpc) is 2.55. The van der Waals surface area contributed by atoms with E-state index in [0.29, 0.717) is 22.9 Å². The zero-order valence-corrected chi connectivity index (χ0v) is 12.9. The first kappa shape index (κ1) is 15.2. The third-order valence-electron chi connectivity index (χ3n) is 4.52. The Bertz CT molecular complexity index is 776. The summed E-state index contributed by atoms with van der Waals surface area (Å²) in [7, 11) is 0. The number of hydrogen-bond donors (Lipinski definition) is 1. The van der Waals surface area contributed by atoms with Crippen LogP contribution < -0.4 is 0 Å². The van der Waals surface area contributed by atoms with Gasteiger partial charge in [-0.3, -0.25) is 14.5 Å². The van der Waals surface area contributed by atoms with Crippen molar-refractivity contribution in [3.8, 4) is 0 Å². The number of amides is 2. The number of rotatable bonds is 4. The summed E-state index contributed by atoms with van der Waals surface area (Å²) < 4.78 is 0. The molecule has 0 aromatic heterocycles. The van der Waals surface area contributed by atoms with Gasteiger partial charge >= 0.3 is 5.97 Å². The van der Waals surface area contributed by atoms with E-state index < -0.39 is 23.8 Å². The number of imide groups is 1. The SMILES string of the molecule is CC[C@H](C)[C@@H](C(=O)O)N1C(=O)c2cccc3cccc(c23)C1=O. The topological polar surface area (TPSA) is 74.7 Å². The Morgan fingerprint density at radius 2 is 1.61 bits per heavy atom. The van der Waals surface area contributed by atoms with Crippen LogP contribution in [0.4, 0.5) is 0 Å². The number of nitrogens with zero attached hydrogens (tertiary/aromatic N) is 1. The summed E-state index contributed by atoms with van der Waals surface area (Å²) in [4.78, 5) is 38.3. The molecule has 118 valence electrons. The van der Waals surface area contributed by atoms with Gasteiger partial charge in [-0.1, -0.05) is 44.5 Å². The minimum absolute atomic E-state index is 0.329. The molecule has 1 heterocycles. The Kier molecular flexibility index (Phi) is 3.64. The van der Waals surface area contributed by atoms with E-state index in [4.69, 9.17) is 0 Å². The van der Waals surface area contributed by atoms with Crippen LogP contribution in [-0.4, -0.2) is 33.8 Å². The first-order valence-corrected chi connectivity index (χ1v) is 7.59. The van der Waals surface area contributed by atoms with Crippen LogP contribution in [-0.2, 0) is 4.79 Å². The molecule has 2 aromatic carbocycles. The molecular weight excluding hydrogens is 294 g/mol. The molecule has 1 aliphatic rings. The lowest BCUT2D eigenvalue weighted by Crippen LogP contribution is -2.53. The zero-order chi connectivity index (χ0) is 16.7. The number of hydrogen-bond acceptors (Lipinski definition) is 3. The van der Waals surface area contributed by atoms with Gasteiger partial charge < -0.3 is 5.11 Å². The fraction of sp³-hybridized carbons (Fsp3) is 0.278. The van der Waals surface area contributed by atoms with Crippen LogP contribution in [0.3, 0.4) is 0 Å². The summed E-state index contributed by atoms with van der Waals surface area (Å²) in [5.41, 5.74) is 0.763. The van der Waals surface area contributed by atoms with Crippen LogP contribution in [0, 0.1) is 5.92 Å². The predicted octanol–water partition coefficient (Wildman–Crippen LogP) is 2.94. The molecular formula is C18H17NO4. The van der Waals surface area contributed by atoms with E-state index in [2.05, 4.69) is 0 Å². The molecule has 2 aromatic rings. The molecule has 5 nitrogen and oxygen atoms in total. The highest BCUT2D eigenvalue weighted by Crippen LogP contribution is 2.32. The van der Waals surface area contributed by atoms with Crippen molar-refractivity contribution >= 4 is 28.6 Å². The lowest BCUT2D eigenvalue weighted by atomic mass is 9.90. The Morgan fingerprint density at radius 1 is 1.09 bits per heavy atom. The van der Waals surface area contributed by atoms with Crippen LogP contribution in [0.2, 0.25) is 0 Å². The smallest absolute Gasteiger partial charge is 0.327 e. The van der Waals surface area contributed by atoms with Gasteiger partial charge in [0.25, 0.3) is 11.8 Å². The third-order valence-corrected chi connectivity index (χ3v) is 4.52. The van der Waals surface area contributed by atoms with Gasteiger partial charge in [-0.05, 0) is 23.4 Å². The molecule has 0 radical (unpaired) electrons. The number of aliphatic carboxylic acids is 1. The van der Waals surface area contributed by atoms with Crippen LogP contribution in [0.5, 0.6) is 0 Å². The summed E-state index contributed by atoms with van der Waals surface area (Å²) in [5.74, 6) is -2.56. The standard InChI is InChI=1S/C18H17NO4/c1-3-10(2)15(18(22)23)19-16(20)12-8-4-6-11-7-5-9-13(14(11)12)17(19)21/h4-10,15H,3H2,1-2H3,(H,22,23)/t10-,15-/m0/s1. The zero-order valence-electron chi connectivity index (χ0n) is 12.9. The van der Waals surface area contributed by atoms with E-state index in [1.807, 2.05) is 19.1 Å². The van der Waals surface area contributed by atoms with E-state index >= 15 is 0 Å². The Labute approximate surface area is 133 Å². The second-order valence-electron chi connectivity index (χ2n) is 5.86. The molecule has 0 aliphatic carbocycles. The molecule has 5 heteroatoms. The summed E-state index contributed by atoms with van der Waals surface area (Å²) in [6, 6.07) is 9.28. The van der Waals surface area contributed by atoms with Crippen molar-refractivity contribution in [1.29, 1.82) is 0 Å². The summed E-state index contributed by atoms with van der Waals surface area (Å²) in [5, 5.41) is 11.0. The summed E-state index contributed by atoms with van der Waals surface area (Å²) in [6.45, 7) is 3.58. The Morgan fingerprint density at radius 3 is 2.04 bits per heavy atom. The molecule has 1 N–H and O–H groups in total. The molecule has 2 atom stereocenters. The van der Waals surface area contributed by atoms with Crippen LogP contribution in [0.15, 0.2) is 36.4 Å². The summed E-state index contributed by atoms with van der Waals surface area (Å²) >= 11 is 0. The first-order valence-electron chi connectivity index (χ1n) is 7.59. The number of carbonyl (C=O) groups excluding carboxylic acids is 2. The minimum atomic E-state index is -1.16. The largest absolute Gasteiger partial charge is 0.480 e. The van der Waals surface area contributed by atoms with Gasteiger partial charge in [-0.2, -0.15) is 0 Å². The fourth-order valence-electron chi connectivity index (χ4n) is 3.13. The van der Waals surface area contributed by atoms with Crippen molar-refractivity contribution in [2.75, 3.05) is 0 Å². The van der Waals surface area contributed by atoms with Gasteiger partial charge in [-0.15, -0.1) is 0 Å². The summed E-state index contributed by atoms with van der Waals surface area (Å²) in [6.07, 6.45) is 0.555. The lowest BCUT2D eigenvalue weighted by Gasteiger charge is -2.34. The van der Waals surface area contributed by atoms with E-state index in [1.54, 1.807) is 31.2 Å². The van der Waals surface area contributed by atoms with E-state index in [-0.39, 0.29) is 5.92 Å². The van der Waals surface area contributed by atoms with Crippen molar-refractivity contribution in [1.82, 2.24) is 4.90 Å². The maximum absolute atomic E-state index is 12.8. The van der Waals surface area contributed by atoms with Crippen LogP contribution >= 0.6 is 0 Å². The van der Waals surface area contributed by atoms with Crippen molar-refractivity contribution in [2.24, 2.45) is 5.92 Å². The normalized spacial score (nSPS) is 16.5. The number of benzene rings is 2. The monoisotopic (exact) mass is 311 g/mol. The van der Waals surface area contributed by atoms with Gasteiger partial charge in [0, 0.05) is 16.5 Å². The highest BCUT2D eigenvalue weighted by atomic mass is 16.4. The highest BCUT2D eigenvalue weighted by Gasteiger charge is 2.42. The lowest BCUT2D eigenvalue weighted by molar-refractivity contribution is -0.143. The molecule has 0 saturated carbocycles. The number of carbonyl (C=O) groups is 3. The fourth-order valence-corrected chi connectivity index (χ4v) is 3.13. The van der Waals surface area contributed by atoms with E-state index in [1.165, 1.54) is 0 Å².